The Bertz CT molecular complexity index is 776. The molecule has 0 spiro atoms. The Kier molecular flexibility index (Phi) is 3.82. The molecule has 3 aromatic heterocycles. The van der Waals surface area contributed by atoms with Crippen LogP contribution in [0.15, 0.2) is 30.7 Å². The van der Waals surface area contributed by atoms with Crippen molar-refractivity contribution in [1.82, 2.24) is 29.6 Å². The Labute approximate surface area is 127 Å². The smallest absolute Gasteiger partial charge is 0.226 e. The van der Waals surface area contributed by atoms with Crippen molar-refractivity contribution >= 4 is 17.2 Å². The molecular weight excluding hydrogens is 282 g/mol. The quantitative estimate of drug-likeness (QED) is 0.770. The van der Waals surface area contributed by atoms with E-state index in [0.717, 1.165) is 17.2 Å². The number of pyridine rings is 1. The third kappa shape index (κ3) is 2.95. The Morgan fingerprint density at radius 1 is 1.32 bits per heavy atom. The summed E-state index contributed by atoms with van der Waals surface area (Å²) < 4.78 is 3.52. The van der Waals surface area contributed by atoms with Gasteiger partial charge in [-0.05, 0) is 12.1 Å². The van der Waals surface area contributed by atoms with Gasteiger partial charge in [-0.15, -0.1) is 15.3 Å². The molecule has 0 bridgehead atoms. The molecule has 0 saturated heterocycles. The van der Waals surface area contributed by atoms with E-state index in [1.807, 2.05) is 22.7 Å². The van der Waals surface area contributed by atoms with E-state index in [0.29, 0.717) is 13.0 Å². The summed E-state index contributed by atoms with van der Waals surface area (Å²) in [5.74, 6) is 1.05. The Morgan fingerprint density at radius 3 is 2.91 bits per heavy atom. The van der Waals surface area contributed by atoms with E-state index in [4.69, 9.17) is 0 Å². The van der Waals surface area contributed by atoms with Crippen molar-refractivity contribution < 1.29 is 4.79 Å². The van der Waals surface area contributed by atoms with E-state index in [1.165, 1.54) is 0 Å². The zero-order valence-electron chi connectivity index (χ0n) is 12.5. The van der Waals surface area contributed by atoms with Crippen LogP contribution in [-0.4, -0.2) is 35.5 Å². The maximum absolute atomic E-state index is 12.0. The summed E-state index contributed by atoms with van der Waals surface area (Å²) in [5.41, 5.74) is 1.49. The second-order valence-corrected chi connectivity index (χ2v) is 5.32. The second kappa shape index (κ2) is 5.92. The molecule has 8 nitrogen and oxygen atoms in total. The van der Waals surface area contributed by atoms with Crippen molar-refractivity contribution in [2.45, 2.75) is 32.7 Å². The van der Waals surface area contributed by atoms with Crippen molar-refractivity contribution in [3.05, 3.63) is 36.5 Å². The van der Waals surface area contributed by atoms with Gasteiger partial charge < -0.3 is 5.32 Å². The molecule has 3 rings (SSSR count). The molecule has 0 aromatic carbocycles. The molecule has 114 valence electrons. The topological polar surface area (TPSA) is 90.0 Å². The van der Waals surface area contributed by atoms with E-state index < -0.39 is 0 Å². The normalized spacial score (nSPS) is 11.2. The van der Waals surface area contributed by atoms with Gasteiger partial charge in [0, 0.05) is 24.7 Å². The lowest BCUT2D eigenvalue weighted by molar-refractivity contribution is -0.116. The summed E-state index contributed by atoms with van der Waals surface area (Å²) in [7, 11) is 0. The summed E-state index contributed by atoms with van der Waals surface area (Å²) in [6.07, 6.45) is 5.50. The molecule has 1 amide bonds. The van der Waals surface area contributed by atoms with Crippen LogP contribution in [0.3, 0.4) is 0 Å². The van der Waals surface area contributed by atoms with Crippen LogP contribution in [-0.2, 0) is 11.3 Å². The van der Waals surface area contributed by atoms with Gasteiger partial charge in [0.25, 0.3) is 0 Å². The first-order valence-electron chi connectivity index (χ1n) is 7.12. The van der Waals surface area contributed by atoms with Crippen molar-refractivity contribution in [3.8, 4) is 0 Å². The van der Waals surface area contributed by atoms with Crippen LogP contribution in [0.25, 0.3) is 5.65 Å². The highest BCUT2D eigenvalue weighted by atomic mass is 16.1. The molecule has 3 aromatic rings. The summed E-state index contributed by atoms with van der Waals surface area (Å²) in [5, 5.41) is 18.7. The average Bonchev–Trinajstić information content (AvgIpc) is 3.14. The van der Waals surface area contributed by atoms with Gasteiger partial charge in [-0.2, -0.15) is 0 Å². The standard InChI is InChI=1S/C14H17N7O/c1-10(2)14-18-17-12-4-3-11(9-21(12)14)16-13(22)5-7-20-8-6-15-19-20/h3-4,6,8-10H,5,7H2,1-2H3,(H,16,22). The van der Waals surface area contributed by atoms with Gasteiger partial charge in [0.05, 0.1) is 18.4 Å². The molecule has 8 heteroatoms. The molecular formula is C14H17N7O. The van der Waals surface area contributed by atoms with Gasteiger partial charge in [-0.1, -0.05) is 19.1 Å². The Hall–Kier alpha value is -2.77. The number of amides is 1. The van der Waals surface area contributed by atoms with Crippen LogP contribution in [0.4, 0.5) is 5.69 Å². The van der Waals surface area contributed by atoms with Crippen LogP contribution in [0, 0.1) is 0 Å². The van der Waals surface area contributed by atoms with Crippen molar-refractivity contribution in [3.63, 3.8) is 0 Å². The number of nitrogens with zero attached hydrogens (tertiary/aromatic N) is 6. The van der Waals surface area contributed by atoms with Crippen molar-refractivity contribution in [1.29, 1.82) is 0 Å². The monoisotopic (exact) mass is 299 g/mol. The third-order valence-electron chi connectivity index (χ3n) is 3.27. The highest BCUT2D eigenvalue weighted by Gasteiger charge is 2.10. The number of aryl methyl sites for hydroxylation is 1. The molecule has 0 fully saturated rings. The Balaban J connectivity index is 1.70. The molecule has 0 unspecified atom stereocenters. The number of fused-ring (bicyclic) bond motifs is 1. The first kappa shape index (κ1) is 14.2. The fourth-order valence-corrected chi connectivity index (χ4v) is 2.17. The predicted molar refractivity (Wildman–Crippen MR) is 80.3 cm³/mol. The van der Waals surface area contributed by atoms with Gasteiger partial charge in [-0.25, -0.2) is 0 Å². The minimum atomic E-state index is -0.0750. The van der Waals surface area contributed by atoms with Crippen LogP contribution in [0.2, 0.25) is 0 Å². The SMILES string of the molecule is CC(C)c1nnc2ccc(NC(=O)CCn3ccnn3)cn12. The number of carbonyl (C=O) groups excluding carboxylic acids is 1. The second-order valence-electron chi connectivity index (χ2n) is 5.32. The minimum Gasteiger partial charge on any atom is -0.325 e. The summed E-state index contributed by atoms with van der Waals surface area (Å²) in [4.78, 5) is 12.0. The molecule has 0 aliphatic heterocycles. The molecule has 22 heavy (non-hydrogen) atoms. The lowest BCUT2D eigenvalue weighted by Crippen LogP contribution is -2.15. The van der Waals surface area contributed by atoms with Crippen LogP contribution < -0.4 is 5.32 Å². The fourth-order valence-electron chi connectivity index (χ4n) is 2.17. The average molecular weight is 299 g/mol. The molecule has 0 atom stereocenters. The summed E-state index contributed by atoms with van der Waals surface area (Å²) in [6, 6.07) is 3.66. The molecule has 0 saturated carbocycles. The third-order valence-corrected chi connectivity index (χ3v) is 3.27. The molecule has 0 aliphatic rings. The van der Waals surface area contributed by atoms with Crippen LogP contribution >= 0.6 is 0 Å². The largest absolute Gasteiger partial charge is 0.325 e. The van der Waals surface area contributed by atoms with Crippen molar-refractivity contribution in [2.24, 2.45) is 0 Å². The lowest BCUT2D eigenvalue weighted by Gasteiger charge is -2.07. The van der Waals surface area contributed by atoms with E-state index in [9.17, 15) is 4.79 Å². The van der Waals surface area contributed by atoms with Crippen LogP contribution in [0.5, 0.6) is 0 Å². The van der Waals surface area contributed by atoms with E-state index in [-0.39, 0.29) is 11.8 Å². The maximum Gasteiger partial charge on any atom is 0.226 e. The fraction of sp³-hybridized carbons (Fsp3) is 0.357. The number of rotatable bonds is 5. The number of hydrogen-bond donors (Lipinski definition) is 1. The molecule has 3 heterocycles. The molecule has 1 N–H and O–H groups in total. The summed E-state index contributed by atoms with van der Waals surface area (Å²) in [6.45, 7) is 4.61. The van der Waals surface area contributed by atoms with Gasteiger partial charge >= 0.3 is 0 Å². The summed E-state index contributed by atoms with van der Waals surface area (Å²) >= 11 is 0. The number of nitrogens with one attached hydrogen (secondary N) is 1. The van der Waals surface area contributed by atoms with E-state index >= 15 is 0 Å². The Morgan fingerprint density at radius 2 is 2.18 bits per heavy atom. The lowest BCUT2D eigenvalue weighted by atomic mass is 10.2. The van der Waals surface area contributed by atoms with Crippen molar-refractivity contribution in [2.75, 3.05) is 5.32 Å². The van der Waals surface area contributed by atoms with Gasteiger partial charge in [0.1, 0.15) is 5.82 Å². The predicted octanol–water partition coefficient (Wildman–Crippen LogP) is 1.47. The minimum absolute atomic E-state index is 0.0750. The van der Waals surface area contributed by atoms with E-state index in [1.54, 1.807) is 17.1 Å². The van der Waals surface area contributed by atoms with Gasteiger partial charge in [0.15, 0.2) is 5.65 Å². The maximum atomic E-state index is 12.0. The number of hydrogen-bond acceptors (Lipinski definition) is 5. The first-order valence-corrected chi connectivity index (χ1v) is 7.12. The number of anilines is 1. The molecule has 0 radical (unpaired) electrons. The van der Waals surface area contributed by atoms with Gasteiger partial charge in [-0.3, -0.25) is 13.9 Å². The van der Waals surface area contributed by atoms with Gasteiger partial charge in [0.2, 0.25) is 5.91 Å². The highest BCUT2D eigenvalue weighted by molar-refractivity contribution is 5.90. The highest BCUT2D eigenvalue weighted by Crippen LogP contribution is 2.16. The number of carbonyl (C=O) groups is 1. The van der Waals surface area contributed by atoms with Crippen LogP contribution in [0.1, 0.15) is 32.0 Å². The molecule has 0 aliphatic carbocycles. The first-order chi connectivity index (χ1) is 10.6. The van der Waals surface area contributed by atoms with E-state index in [2.05, 4.69) is 39.7 Å². The number of aromatic nitrogens is 6. The zero-order valence-corrected chi connectivity index (χ0v) is 12.5. The zero-order chi connectivity index (χ0) is 15.5.